The van der Waals surface area contributed by atoms with Gasteiger partial charge in [0.1, 0.15) is 18.5 Å². The number of rotatable bonds is 1. The van der Waals surface area contributed by atoms with Gasteiger partial charge in [0.15, 0.2) is 12.0 Å². The van der Waals surface area contributed by atoms with Crippen molar-refractivity contribution in [3.63, 3.8) is 0 Å². The smallest absolute Gasteiger partial charge is 0.330 e. The molecular weight excluding hydrogens is 250 g/mol. The largest absolute Gasteiger partial charge is 0.371 e. The number of carbonyl (C=O) groups excluding carboxylic acids is 1. The highest BCUT2D eigenvalue weighted by atomic mass is 16.5. The van der Waals surface area contributed by atoms with Gasteiger partial charge in [0.05, 0.1) is 6.61 Å². The maximum Gasteiger partial charge on any atom is 0.330 e. The van der Waals surface area contributed by atoms with E-state index in [0.29, 0.717) is 18.2 Å². The zero-order chi connectivity index (χ0) is 13.8. The lowest BCUT2D eigenvalue weighted by Gasteiger charge is -2.17. The molecule has 0 aliphatic carbocycles. The minimum atomic E-state index is -0.951. The summed E-state index contributed by atoms with van der Waals surface area (Å²) in [5, 5.41) is 14.1. The van der Waals surface area contributed by atoms with Crippen LogP contribution in [0.2, 0.25) is 0 Å². The fourth-order valence-corrected chi connectivity index (χ4v) is 2.29. The molecule has 3 heterocycles. The monoisotopic (exact) mass is 267 g/mol. The molecule has 1 aromatic heterocycles. The van der Waals surface area contributed by atoms with Crippen LogP contribution in [-0.2, 0) is 10.2 Å². The van der Waals surface area contributed by atoms with Gasteiger partial charge < -0.3 is 14.4 Å². The second kappa shape index (κ2) is 3.94. The number of urea groups is 1. The van der Waals surface area contributed by atoms with E-state index in [1.807, 2.05) is 20.8 Å². The van der Waals surface area contributed by atoms with Crippen LogP contribution in [0.15, 0.2) is 10.6 Å². The molecule has 2 amide bonds. The molecule has 2 fully saturated rings. The third-order valence-corrected chi connectivity index (χ3v) is 3.46. The first-order valence-electron chi connectivity index (χ1n) is 6.22. The molecule has 3 rings (SSSR count). The first kappa shape index (κ1) is 12.4. The Morgan fingerprint density at radius 1 is 1.47 bits per heavy atom. The molecule has 1 aromatic rings. The molecule has 0 saturated carbocycles. The van der Waals surface area contributed by atoms with Crippen molar-refractivity contribution in [3.8, 4) is 0 Å². The Labute approximate surface area is 110 Å². The first-order valence-corrected chi connectivity index (χ1v) is 6.22. The fraction of sp³-hybridized carbons (Fsp3) is 0.667. The van der Waals surface area contributed by atoms with Crippen LogP contribution < -0.4 is 4.90 Å². The minimum absolute atomic E-state index is 0.196. The molecule has 2 aliphatic heterocycles. The Bertz CT molecular complexity index is 507. The molecule has 2 atom stereocenters. The van der Waals surface area contributed by atoms with Crippen LogP contribution in [0.4, 0.5) is 10.6 Å². The molecular formula is C12H17N3O4. The summed E-state index contributed by atoms with van der Waals surface area (Å²) in [6.45, 7) is 6.53. The summed E-state index contributed by atoms with van der Waals surface area (Å²) in [7, 11) is 0. The molecule has 7 nitrogen and oxygen atoms in total. The Kier molecular flexibility index (Phi) is 2.58. The standard InChI is InChI=1S/C12H17N3O4/c1-12(2,3)8-4-9(13-19-8)15-10(16)7-5-18-6-14(7)11(15)17/h4,7,10,16H,5-6H2,1-3H3. The average molecular weight is 267 g/mol. The molecule has 1 N–H and O–H groups in total. The lowest BCUT2D eigenvalue weighted by atomic mass is 9.93. The predicted molar refractivity (Wildman–Crippen MR) is 65.5 cm³/mol. The Balaban J connectivity index is 1.90. The van der Waals surface area contributed by atoms with Crippen LogP contribution in [0.1, 0.15) is 26.5 Å². The molecule has 0 spiro atoms. The van der Waals surface area contributed by atoms with Crippen molar-refractivity contribution in [2.45, 2.75) is 38.5 Å². The van der Waals surface area contributed by atoms with Crippen molar-refractivity contribution < 1.29 is 19.2 Å². The second-order valence-electron chi connectivity index (χ2n) is 5.90. The van der Waals surface area contributed by atoms with E-state index in [0.717, 1.165) is 0 Å². The number of fused-ring (bicyclic) bond motifs is 1. The predicted octanol–water partition coefficient (Wildman–Crippen LogP) is 0.889. The number of anilines is 1. The number of aromatic nitrogens is 1. The summed E-state index contributed by atoms with van der Waals surface area (Å²) in [5.74, 6) is 1.02. The number of amides is 2. The van der Waals surface area contributed by atoms with E-state index in [1.165, 1.54) is 9.80 Å². The van der Waals surface area contributed by atoms with E-state index < -0.39 is 6.23 Å². The third kappa shape index (κ3) is 1.81. The number of aliphatic hydroxyl groups is 1. The summed E-state index contributed by atoms with van der Waals surface area (Å²) in [6, 6.07) is 1.07. The number of hydrogen-bond donors (Lipinski definition) is 1. The highest BCUT2D eigenvalue weighted by Gasteiger charge is 2.49. The average Bonchev–Trinajstić information content (AvgIpc) is 2.99. The maximum atomic E-state index is 12.2. The number of nitrogens with zero attached hydrogens (tertiary/aromatic N) is 3. The van der Waals surface area contributed by atoms with Crippen LogP contribution >= 0.6 is 0 Å². The summed E-state index contributed by atoms with van der Waals surface area (Å²) < 4.78 is 10.4. The number of ether oxygens (including phenoxy) is 1. The van der Waals surface area contributed by atoms with Gasteiger partial charge in [0, 0.05) is 11.5 Å². The van der Waals surface area contributed by atoms with Gasteiger partial charge in [-0.25, -0.2) is 9.69 Å². The van der Waals surface area contributed by atoms with Gasteiger partial charge in [0.2, 0.25) is 0 Å². The van der Waals surface area contributed by atoms with E-state index in [-0.39, 0.29) is 24.2 Å². The fourth-order valence-electron chi connectivity index (χ4n) is 2.29. The van der Waals surface area contributed by atoms with E-state index in [4.69, 9.17) is 9.26 Å². The Morgan fingerprint density at radius 3 is 2.79 bits per heavy atom. The van der Waals surface area contributed by atoms with Crippen molar-refractivity contribution in [1.29, 1.82) is 0 Å². The molecule has 2 saturated heterocycles. The molecule has 7 heteroatoms. The first-order chi connectivity index (χ1) is 8.89. The Hall–Kier alpha value is -1.60. The number of carbonyl (C=O) groups is 1. The van der Waals surface area contributed by atoms with Crippen molar-refractivity contribution in [3.05, 3.63) is 11.8 Å². The molecule has 2 unspecified atom stereocenters. The zero-order valence-corrected chi connectivity index (χ0v) is 11.2. The normalized spacial score (nSPS) is 27.3. The highest BCUT2D eigenvalue weighted by molar-refractivity contribution is 5.94. The molecule has 19 heavy (non-hydrogen) atoms. The lowest BCUT2D eigenvalue weighted by molar-refractivity contribution is 0.129. The van der Waals surface area contributed by atoms with E-state index >= 15 is 0 Å². The van der Waals surface area contributed by atoms with Crippen LogP contribution in [-0.4, -0.2) is 46.8 Å². The highest BCUT2D eigenvalue weighted by Crippen LogP contribution is 2.32. The van der Waals surface area contributed by atoms with Crippen molar-refractivity contribution in [2.75, 3.05) is 18.2 Å². The quantitative estimate of drug-likeness (QED) is 0.817. The summed E-state index contributed by atoms with van der Waals surface area (Å²) >= 11 is 0. The van der Waals surface area contributed by atoms with Crippen LogP contribution in [0, 0.1) is 0 Å². The second-order valence-corrected chi connectivity index (χ2v) is 5.90. The lowest BCUT2D eigenvalue weighted by Crippen LogP contribution is -2.38. The van der Waals surface area contributed by atoms with E-state index in [2.05, 4.69) is 5.16 Å². The van der Waals surface area contributed by atoms with Crippen LogP contribution in [0.5, 0.6) is 0 Å². The molecule has 0 bridgehead atoms. The van der Waals surface area contributed by atoms with Gasteiger partial charge in [-0.05, 0) is 0 Å². The molecule has 2 aliphatic rings. The van der Waals surface area contributed by atoms with Gasteiger partial charge in [-0.2, -0.15) is 0 Å². The van der Waals surface area contributed by atoms with Gasteiger partial charge in [0.25, 0.3) is 0 Å². The summed E-state index contributed by atoms with van der Waals surface area (Å²) in [4.78, 5) is 14.9. The number of hydrogen-bond acceptors (Lipinski definition) is 5. The van der Waals surface area contributed by atoms with Crippen molar-refractivity contribution in [2.24, 2.45) is 0 Å². The zero-order valence-electron chi connectivity index (χ0n) is 11.2. The minimum Gasteiger partial charge on any atom is -0.371 e. The molecule has 0 radical (unpaired) electrons. The SMILES string of the molecule is CC(C)(C)c1cc(N2C(=O)N3COCC3C2O)no1. The molecule has 104 valence electrons. The van der Waals surface area contributed by atoms with E-state index in [1.54, 1.807) is 6.07 Å². The van der Waals surface area contributed by atoms with Crippen LogP contribution in [0.3, 0.4) is 0 Å². The van der Waals surface area contributed by atoms with E-state index in [9.17, 15) is 9.90 Å². The third-order valence-electron chi connectivity index (χ3n) is 3.46. The maximum absolute atomic E-state index is 12.2. The topological polar surface area (TPSA) is 79.0 Å². The molecule has 0 aromatic carbocycles. The summed E-state index contributed by atoms with van der Waals surface area (Å²) in [5.41, 5.74) is -0.196. The van der Waals surface area contributed by atoms with Crippen LogP contribution in [0.25, 0.3) is 0 Å². The number of aliphatic hydroxyl groups excluding tert-OH is 1. The van der Waals surface area contributed by atoms with Gasteiger partial charge in [-0.3, -0.25) is 4.90 Å². The van der Waals surface area contributed by atoms with Gasteiger partial charge in [-0.1, -0.05) is 25.9 Å². The Morgan fingerprint density at radius 2 is 2.21 bits per heavy atom. The van der Waals surface area contributed by atoms with Gasteiger partial charge >= 0.3 is 6.03 Å². The van der Waals surface area contributed by atoms with Crippen molar-refractivity contribution in [1.82, 2.24) is 10.1 Å². The van der Waals surface area contributed by atoms with Gasteiger partial charge in [-0.15, -0.1) is 0 Å². The van der Waals surface area contributed by atoms with Crippen molar-refractivity contribution >= 4 is 11.8 Å². The summed E-state index contributed by atoms with van der Waals surface area (Å²) in [6.07, 6.45) is -0.951.